The molecule has 2 aromatic rings. The zero-order valence-corrected chi connectivity index (χ0v) is 18.3. The minimum Gasteiger partial charge on any atom is -0.466 e. The van der Waals surface area contributed by atoms with Crippen LogP contribution in [0.2, 0.25) is 0 Å². The van der Waals surface area contributed by atoms with Crippen LogP contribution in [0.3, 0.4) is 0 Å². The first-order valence-corrected chi connectivity index (χ1v) is 9.90. The van der Waals surface area contributed by atoms with E-state index in [-0.39, 0.29) is 11.8 Å². The highest BCUT2D eigenvalue weighted by Gasteiger charge is 2.26. The average Bonchev–Trinajstić information content (AvgIpc) is 2.72. The normalized spacial score (nSPS) is 11.9. The molecule has 0 fully saturated rings. The molecular weight excluding hydrogens is 382 g/mol. The molecule has 2 unspecified atom stereocenters. The van der Waals surface area contributed by atoms with E-state index in [0.717, 1.165) is 6.42 Å². The highest BCUT2D eigenvalue weighted by molar-refractivity contribution is 5.80. The molecule has 2 aromatic carbocycles. The molecule has 0 heterocycles. The van der Waals surface area contributed by atoms with Gasteiger partial charge in [-0.1, -0.05) is 61.5 Å². The number of benzene rings is 2. The van der Waals surface area contributed by atoms with Crippen molar-refractivity contribution >= 4 is 17.8 Å². The second-order valence-corrected chi connectivity index (χ2v) is 7.01. The summed E-state index contributed by atoms with van der Waals surface area (Å²) in [5, 5.41) is 2.85. The number of Topliss-reactive ketones (excluding diaryl/α,β-unsaturated/α-hetero) is 1. The number of carbonyl (C=O) groups is 3. The minimum absolute atomic E-state index is 0.0855. The van der Waals surface area contributed by atoms with Crippen LogP contribution in [-0.2, 0) is 25.5 Å². The Morgan fingerprint density at radius 2 is 1.53 bits per heavy atom. The zero-order chi connectivity index (χ0) is 22.5. The van der Waals surface area contributed by atoms with Gasteiger partial charge in [-0.25, -0.2) is 9.59 Å². The molecule has 6 heteroatoms. The summed E-state index contributed by atoms with van der Waals surface area (Å²) in [6.45, 7) is 7.10. The maximum Gasteiger partial charge on any atom is 0.408 e. The zero-order valence-electron chi connectivity index (χ0n) is 18.3. The van der Waals surface area contributed by atoms with E-state index < -0.39 is 18.2 Å². The number of rotatable bonds is 7. The van der Waals surface area contributed by atoms with E-state index in [9.17, 15) is 14.4 Å². The van der Waals surface area contributed by atoms with Gasteiger partial charge in [0.1, 0.15) is 5.78 Å². The number of nitrogens with one attached hydrogen (secondary N) is 1. The van der Waals surface area contributed by atoms with Gasteiger partial charge in [0.25, 0.3) is 0 Å². The Kier molecular flexibility index (Phi) is 10.9. The summed E-state index contributed by atoms with van der Waals surface area (Å²) in [6.07, 6.45) is -0.272. The maximum absolute atomic E-state index is 12.4. The van der Waals surface area contributed by atoms with E-state index in [2.05, 4.69) is 5.32 Å². The molecule has 0 aliphatic heterocycles. The second-order valence-electron chi connectivity index (χ2n) is 7.01. The standard InChI is InChI=1S/C21H25NO4.C3H6O/c1-4-18(14-17-13-9-8-10-15(17)2)22-21(24)26-19(20(23)25-3)16-11-6-5-7-12-16;1-3(2)4/h5-13,18-19H,4,14H2,1-3H3,(H,22,24);1-2H3. The molecule has 1 N–H and O–H groups in total. The third kappa shape index (κ3) is 8.90. The van der Waals surface area contributed by atoms with Gasteiger partial charge in [-0.2, -0.15) is 0 Å². The first-order valence-electron chi connectivity index (χ1n) is 9.90. The molecule has 0 aromatic heterocycles. The number of ether oxygens (including phenoxy) is 2. The van der Waals surface area contributed by atoms with E-state index in [0.29, 0.717) is 12.0 Å². The van der Waals surface area contributed by atoms with Crippen LogP contribution in [0.15, 0.2) is 54.6 Å². The van der Waals surface area contributed by atoms with E-state index in [1.165, 1.54) is 32.1 Å². The number of alkyl carbamates (subject to hydrolysis) is 1. The first-order chi connectivity index (χ1) is 14.3. The Bertz CT molecular complexity index is 815. The summed E-state index contributed by atoms with van der Waals surface area (Å²) in [5.74, 6) is -0.446. The summed E-state index contributed by atoms with van der Waals surface area (Å²) in [6, 6.07) is 16.8. The molecule has 0 bridgehead atoms. The summed E-state index contributed by atoms with van der Waals surface area (Å²) in [4.78, 5) is 33.8. The number of ketones is 1. The SMILES string of the molecule is CC(C)=O.CCC(Cc1ccccc1C)NC(=O)OC(C(=O)OC)c1ccccc1. The molecule has 2 rings (SSSR count). The van der Waals surface area contributed by atoms with Gasteiger partial charge in [-0.05, 0) is 44.7 Å². The molecule has 0 aliphatic carbocycles. The molecule has 0 aliphatic rings. The van der Waals surface area contributed by atoms with E-state index in [1.807, 2.05) is 44.2 Å². The quantitative estimate of drug-likeness (QED) is 0.674. The van der Waals surface area contributed by atoms with Gasteiger partial charge in [0.05, 0.1) is 7.11 Å². The lowest BCUT2D eigenvalue weighted by Crippen LogP contribution is -2.38. The molecular formula is C24H31NO5. The monoisotopic (exact) mass is 413 g/mol. The predicted octanol–water partition coefficient (Wildman–Crippen LogP) is 4.55. The Morgan fingerprint density at radius 3 is 2.07 bits per heavy atom. The van der Waals surface area contributed by atoms with Crippen molar-refractivity contribution in [1.82, 2.24) is 5.32 Å². The topological polar surface area (TPSA) is 81.7 Å². The highest BCUT2D eigenvalue weighted by Crippen LogP contribution is 2.19. The lowest BCUT2D eigenvalue weighted by atomic mass is 10.00. The average molecular weight is 414 g/mol. The number of methoxy groups -OCH3 is 1. The van der Waals surface area contributed by atoms with Crippen molar-refractivity contribution < 1.29 is 23.9 Å². The molecule has 0 spiro atoms. The molecule has 0 saturated carbocycles. The fraction of sp³-hybridized carbons (Fsp3) is 0.375. The van der Waals surface area contributed by atoms with Crippen molar-refractivity contribution in [2.24, 2.45) is 0 Å². The number of hydrogen-bond donors (Lipinski definition) is 1. The van der Waals surface area contributed by atoms with Crippen LogP contribution in [0.25, 0.3) is 0 Å². The lowest BCUT2D eigenvalue weighted by molar-refractivity contribution is -0.151. The van der Waals surface area contributed by atoms with Crippen LogP contribution in [-0.4, -0.2) is 31.0 Å². The maximum atomic E-state index is 12.4. The van der Waals surface area contributed by atoms with Gasteiger partial charge in [0, 0.05) is 11.6 Å². The van der Waals surface area contributed by atoms with Crippen LogP contribution in [0.4, 0.5) is 4.79 Å². The Labute approximate surface area is 178 Å². The molecule has 30 heavy (non-hydrogen) atoms. The molecule has 0 saturated heterocycles. The van der Waals surface area contributed by atoms with Gasteiger partial charge in [0.15, 0.2) is 0 Å². The van der Waals surface area contributed by atoms with Crippen molar-refractivity contribution in [2.45, 2.75) is 52.7 Å². The predicted molar refractivity (Wildman–Crippen MR) is 116 cm³/mol. The summed E-state index contributed by atoms with van der Waals surface area (Å²) < 4.78 is 10.1. The molecule has 162 valence electrons. The number of esters is 1. The Morgan fingerprint density at radius 1 is 0.967 bits per heavy atom. The van der Waals surface area contributed by atoms with Crippen LogP contribution in [0.5, 0.6) is 0 Å². The van der Waals surface area contributed by atoms with Gasteiger partial charge < -0.3 is 19.6 Å². The number of aryl methyl sites for hydroxylation is 1. The molecule has 0 radical (unpaired) electrons. The van der Waals surface area contributed by atoms with Crippen LogP contribution < -0.4 is 5.32 Å². The summed E-state index contributed by atoms with van der Waals surface area (Å²) in [7, 11) is 1.27. The van der Waals surface area contributed by atoms with Crippen LogP contribution >= 0.6 is 0 Å². The number of carbonyl (C=O) groups excluding carboxylic acids is 3. The van der Waals surface area contributed by atoms with Crippen molar-refractivity contribution in [3.8, 4) is 0 Å². The molecule has 2 atom stereocenters. The Hall–Kier alpha value is -3.15. The number of hydrogen-bond acceptors (Lipinski definition) is 5. The van der Waals surface area contributed by atoms with Gasteiger partial charge in [0.2, 0.25) is 6.10 Å². The summed E-state index contributed by atoms with van der Waals surface area (Å²) in [5.41, 5.74) is 2.92. The minimum atomic E-state index is -1.09. The fourth-order valence-corrected chi connectivity index (χ4v) is 2.70. The third-order valence-electron chi connectivity index (χ3n) is 4.28. The number of amides is 1. The Balaban J connectivity index is 0.00000103. The van der Waals surface area contributed by atoms with Crippen molar-refractivity contribution in [3.63, 3.8) is 0 Å². The summed E-state index contributed by atoms with van der Waals surface area (Å²) >= 11 is 0. The highest BCUT2D eigenvalue weighted by atomic mass is 16.6. The van der Waals surface area contributed by atoms with Crippen molar-refractivity contribution in [2.75, 3.05) is 7.11 Å². The first kappa shape index (κ1) is 24.9. The molecule has 1 amide bonds. The van der Waals surface area contributed by atoms with E-state index >= 15 is 0 Å². The second kappa shape index (κ2) is 13.1. The van der Waals surface area contributed by atoms with Gasteiger partial charge in [-0.15, -0.1) is 0 Å². The van der Waals surface area contributed by atoms with Gasteiger partial charge in [-0.3, -0.25) is 0 Å². The smallest absolute Gasteiger partial charge is 0.408 e. The van der Waals surface area contributed by atoms with E-state index in [1.54, 1.807) is 24.3 Å². The lowest BCUT2D eigenvalue weighted by Gasteiger charge is -2.21. The van der Waals surface area contributed by atoms with Crippen molar-refractivity contribution in [3.05, 3.63) is 71.3 Å². The van der Waals surface area contributed by atoms with E-state index in [4.69, 9.17) is 9.47 Å². The third-order valence-corrected chi connectivity index (χ3v) is 4.28. The van der Waals surface area contributed by atoms with Crippen LogP contribution in [0.1, 0.15) is 50.0 Å². The fourth-order valence-electron chi connectivity index (χ4n) is 2.70. The molecule has 6 nitrogen and oxygen atoms in total. The largest absolute Gasteiger partial charge is 0.466 e. The van der Waals surface area contributed by atoms with Crippen molar-refractivity contribution in [1.29, 1.82) is 0 Å². The van der Waals surface area contributed by atoms with Gasteiger partial charge >= 0.3 is 12.1 Å². The van der Waals surface area contributed by atoms with Crippen LogP contribution in [0, 0.1) is 6.92 Å².